The molecule has 6 nitrogen and oxygen atoms in total. The number of hydrogen-bond acceptors (Lipinski definition) is 5. The van der Waals surface area contributed by atoms with Gasteiger partial charge in [0.2, 0.25) is 0 Å². The number of benzene rings is 1. The number of carbonyl (C=O) groups is 1. The zero-order valence-electron chi connectivity index (χ0n) is 11.7. The Morgan fingerprint density at radius 3 is 2.70 bits per heavy atom. The zero-order valence-corrected chi connectivity index (χ0v) is 12.5. The van der Waals surface area contributed by atoms with Gasteiger partial charge in [-0.05, 0) is 32.2 Å². The molecule has 0 saturated heterocycles. The fraction of sp³-hybridized carbons (Fsp3) is 0.462. The van der Waals surface area contributed by atoms with Crippen LogP contribution in [-0.2, 0) is 0 Å². The number of aliphatic hydroxyl groups is 1. The smallest absolute Gasteiger partial charge is 0.272 e. The molecule has 1 amide bonds. The molecule has 0 aliphatic carbocycles. The molecule has 0 radical (unpaired) electrons. The van der Waals surface area contributed by atoms with E-state index in [9.17, 15) is 20.0 Å². The largest absolute Gasteiger partial charge is 0.387 e. The highest BCUT2D eigenvalue weighted by Crippen LogP contribution is 2.18. The van der Waals surface area contributed by atoms with Crippen molar-refractivity contribution in [3.8, 4) is 0 Å². The molecule has 1 unspecified atom stereocenters. The van der Waals surface area contributed by atoms with Gasteiger partial charge in [0.1, 0.15) is 0 Å². The highest BCUT2D eigenvalue weighted by atomic mass is 32.2. The molecule has 0 fully saturated rings. The van der Waals surface area contributed by atoms with Crippen LogP contribution in [0.25, 0.3) is 0 Å². The second-order valence-electron chi connectivity index (χ2n) is 4.87. The van der Waals surface area contributed by atoms with E-state index in [4.69, 9.17) is 0 Å². The van der Waals surface area contributed by atoms with Gasteiger partial charge in [-0.1, -0.05) is 0 Å². The Kier molecular flexibility index (Phi) is 5.52. The minimum absolute atomic E-state index is 0.0177. The van der Waals surface area contributed by atoms with Crippen LogP contribution in [0.2, 0.25) is 0 Å². The van der Waals surface area contributed by atoms with Crippen molar-refractivity contribution in [2.24, 2.45) is 0 Å². The summed E-state index contributed by atoms with van der Waals surface area (Å²) < 4.78 is 0. The SMILES string of the molecule is CSCC(C)(O)CNC(=O)c1ccc([N+](=O)[O-])c(C)c1. The van der Waals surface area contributed by atoms with Gasteiger partial charge < -0.3 is 10.4 Å². The molecular formula is C13H18N2O4S. The summed E-state index contributed by atoms with van der Waals surface area (Å²) >= 11 is 1.49. The number of thioether (sulfide) groups is 1. The molecule has 1 rings (SSSR count). The first-order valence-electron chi connectivity index (χ1n) is 6.01. The molecule has 0 aliphatic rings. The van der Waals surface area contributed by atoms with Crippen LogP contribution in [0.5, 0.6) is 0 Å². The molecule has 0 heterocycles. The van der Waals surface area contributed by atoms with E-state index < -0.39 is 10.5 Å². The Morgan fingerprint density at radius 1 is 1.55 bits per heavy atom. The summed E-state index contributed by atoms with van der Waals surface area (Å²) in [5, 5.41) is 23.3. The summed E-state index contributed by atoms with van der Waals surface area (Å²) in [6, 6.07) is 4.19. The Hall–Kier alpha value is -1.60. The molecule has 1 atom stereocenters. The highest BCUT2D eigenvalue weighted by molar-refractivity contribution is 7.98. The Morgan fingerprint density at radius 2 is 2.20 bits per heavy atom. The summed E-state index contributed by atoms with van der Waals surface area (Å²) in [4.78, 5) is 22.1. The van der Waals surface area contributed by atoms with Crippen molar-refractivity contribution in [3.63, 3.8) is 0 Å². The number of nitrogens with one attached hydrogen (secondary N) is 1. The third-order valence-corrected chi connectivity index (χ3v) is 3.65. The van der Waals surface area contributed by atoms with Gasteiger partial charge in [-0.15, -0.1) is 0 Å². The lowest BCUT2D eigenvalue weighted by Crippen LogP contribution is -2.42. The highest BCUT2D eigenvalue weighted by Gasteiger charge is 2.21. The van der Waals surface area contributed by atoms with Gasteiger partial charge >= 0.3 is 0 Å². The summed E-state index contributed by atoms with van der Waals surface area (Å²) in [5.74, 6) is 0.149. The first kappa shape index (κ1) is 16.5. The zero-order chi connectivity index (χ0) is 15.3. The maximum atomic E-state index is 11.9. The van der Waals surface area contributed by atoms with Crippen molar-refractivity contribution >= 4 is 23.4 Å². The average Bonchev–Trinajstić information content (AvgIpc) is 2.35. The topological polar surface area (TPSA) is 92.5 Å². The molecule has 0 aliphatic heterocycles. The van der Waals surface area contributed by atoms with Crippen molar-refractivity contribution in [2.75, 3.05) is 18.6 Å². The van der Waals surface area contributed by atoms with E-state index in [2.05, 4.69) is 5.32 Å². The van der Waals surface area contributed by atoms with Crippen LogP contribution in [0.3, 0.4) is 0 Å². The van der Waals surface area contributed by atoms with E-state index in [0.29, 0.717) is 16.9 Å². The van der Waals surface area contributed by atoms with Gasteiger partial charge in [0.25, 0.3) is 11.6 Å². The summed E-state index contributed by atoms with van der Waals surface area (Å²) in [5.41, 5.74) is -0.229. The third-order valence-electron chi connectivity index (χ3n) is 2.74. The van der Waals surface area contributed by atoms with Gasteiger partial charge in [-0.25, -0.2) is 0 Å². The fourth-order valence-corrected chi connectivity index (χ4v) is 2.46. The van der Waals surface area contributed by atoms with Gasteiger partial charge in [0.15, 0.2) is 0 Å². The lowest BCUT2D eigenvalue weighted by atomic mass is 10.1. The first-order valence-corrected chi connectivity index (χ1v) is 7.41. The lowest BCUT2D eigenvalue weighted by molar-refractivity contribution is -0.385. The second kappa shape index (κ2) is 6.71. The van der Waals surface area contributed by atoms with Crippen molar-refractivity contribution < 1.29 is 14.8 Å². The van der Waals surface area contributed by atoms with Gasteiger partial charge in [0, 0.05) is 29.5 Å². The lowest BCUT2D eigenvalue weighted by Gasteiger charge is -2.22. The van der Waals surface area contributed by atoms with E-state index in [1.165, 1.54) is 30.0 Å². The quantitative estimate of drug-likeness (QED) is 0.616. The normalized spacial score (nSPS) is 13.6. The summed E-state index contributed by atoms with van der Waals surface area (Å²) in [6.45, 7) is 3.35. The molecular weight excluding hydrogens is 280 g/mol. The minimum atomic E-state index is -0.981. The monoisotopic (exact) mass is 298 g/mol. The van der Waals surface area contributed by atoms with Crippen LogP contribution in [-0.4, -0.2) is 40.1 Å². The van der Waals surface area contributed by atoms with E-state index in [-0.39, 0.29) is 18.1 Å². The molecule has 1 aromatic carbocycles. The second-order valence-corrected chi connectivity index (χ2v) is 5.74. The van der Waals surface area contributed by atoms with Crippen molar-refractivity contribution in [2.45, 2.75) is 19.4 Å². The molecule has 7 heteroatoms. The number of nitrogens with zero attached hydrogens (tertiary/aromatic N) is 1. The molecule has 2 N–H and O–H groups in total. The minimum Gasteiger partial charge on any atom is -0.387 e. The molecule has 110 valence electrons. The van der Waals surface area contributed by atoms with Gasteiger partial charge in [-0.2, -0.15) is 11.8 Å². The number of nitro groups is 1. The van der Waals surface area contributed by atoms with Crippen LogP contribution in [0, 0.1) is 17.0 Å². The maximum Gasteiger partial charge on any atom is 0.272 e. The van der Waals surface area contributed by atoms with Crippen LogP contribution >= 0.6 is 11.8 Å². The molecule has 0 aromatic heterocycles. The molecule has 1 aromatic rings. The average molecular weight is 298 g/mol. The predicted octanol–water partition coefficient (Wildman–Crippen LogP) is 1.75. The number of aryl methyl sites for hydroxylation is 1. The van der Waals surface area contributed by atoms with E-state index in [1.807, 2.05) is 6.26 Å². The number of carbonyl (C=O) groups excluding carboxylic acids is 1. The molecule has 0 spiro atoms. The maximum absolute atomic E-state index is 11.9. The number of rotatable bonds is 6. The van der Waals surface area contributed by atoms with Gasteiger partial charge in [0.05, 0.1) is 10.5 Å². The number of nitro benzene ring substituents is 1. The van der Waals surface area contributed by atoms with Crippen molar-refractivity contribution in [3.05, 3.63) is 39.4 Å². The van der Waals surface area contributed by atoms with E-state index in [0.717, 1.165) is 0 Å². The summed E-state index contributed by atoms with van der Waals surface area (Å²) in [6.07, 6.45) is 1.87. The first-order chi connectivity index (χ1) is 9.26. The number of hydrogen-bond donors (Lipinski definition) is 2. The van der Waals surface area contributed by atoms with Crippen LogP contribution in [0.4, 0.5) is 5.69 Å². The van der Waals surface area contributed by atoms with Crippen LogP contribution < -0.4 is 5.32 Å². The standard InChI is InChI=1S/C13H18N2O4S/c1-9-6-10(4-5-11(9)15(18)19)12(16)14-7-13(2,17)8-20-3/h4-6,17H,7-8H2,1-3H3,(H,14,16). The van der Waals surface area contributed by atoms with E-state index >= 15 is 0 Å². The van der Waals surface area contributed by atoms with Gasteiger partial charge in [-0.3, -0.25) is 14.9 Å². The van der Waals surface area contributed by atoms with E-state index in [1.54, 1.807) is 13.8 Å². The molecule has 0 saturated carbocycles. The Labute approximate surface area is 121 Å². The van der Waals surface area contributed by atoms with Crippen LogP contribution in [0.15, 0.2) is 18.2 Å². The fourth-order valence-electron chi connectivity index (χ4n) is 1.74. The summed E-state index contributed by atoms with van der Waals surface area (Å²) in [7, 11) is 0. The molecule has 0 bridgehead atoms. The third kappa shape index (κ3) is 4.50. The van der Waals surface area contributed by atoms with Crippen LogP contribution in [0.1, 0.15) is 22.8 Å². The molecule has 20 heavy (non-hydrogen) atoms. The van der Waals surface area contributed by atoms with Crippen molar-refractivity contribution in [1.82, 2.24) is 5.32 Å². The number of amides is 1. The predicted molar refractivity (Wildman–Crippen MR) is 79.2 cm³/mol. The Balaban J connectivity index is 2.74. The Bertz CT molecular complexity index is 517. The van der Waals surface area contributed by atoms with Crippen molar-refractivity contribution in [1.29, 1.82) is 0 Å².